The molecule has 0 aliphatic heterocycles. The van der Waals surface area contributed by atoms with Gasteiger partial charge >= 0.3 is 0 Å². The molecular formula is C23H20N2O4. The number of carbonyl (C=O) groups is 1. The van der Waals surface area contributed by atoms with Gasteiger partial charge < -0.3 is 19.2 Å². The smallest absolute Gasteiger partial charge is 0.263 e. The van der Waals surface area contributed by atoms with Gasteiger partial charge in [-0.1, -0.05) is 24.3 Å². The summed E-state index contributed by atoms with van der Waals surface area (Å²) < 4.78 is 16.6. The van der Waals surface area contributed by atoms with E-state index in [9.17, 15) is 4.79 Å². The molecule has 0 fully saturated rings. The number of carbonyl (C=O) groups excluding carboxylic acids is 1. The van der Waals surface area contributed by atoms with Crippen molar-refractivity contribution in [3.05, 3.63) is 71.8 Å². The zero-order valence-electron chi connectivity index (χ0n) is 16.4. The predicted molar refractivity (Wildman–Crippen MR) is 112 cm³/mol. The van der Waals surface area contributed by atoms with Crippen LogP contribution < -0.4 is 14.8 Å². The Morgan fingerprint density at radius 3 is 2.38 bits per heavy atom. The first-order valence-electron chi connectivity index (χ1n) is 9.09. The van der Waals surface area contributed by atoms with E-state index in [1.54, 1.807) is 30.3 Å². The van der Waals surface area contributed by atoms with Gasteiger partial charge in [-0.15, -0.1) is 0 Å². The Morgan fingerprint density at radius 1 is 0.966 bits per heavy atom. The van der Waals surface area contributed by atoms with Gasteiger partial charge in [0.05, 0.1) is 14.2 Å². The molecule has 0 atom stereocenters. The van der Waals surface area contributed by atoms with Crippen molar-refractivity contribution in [3.8, 4) is 23.0 Å². The number of hydrogen-bond acceptors (Lipinski definition) is 5. The zero-order chi connectivity index (χ0) is 20.4. The Labute approximate surface area is 168 Å². The van der Waals surface area contributed by atoms with Crippen LogP contribution in [0.2, 0.25) is 0 Å². The first kappa shape index (κ1) is 18.6. The highest BCUT2D eigenvalue weighted by Crippen LogP contribution is 2.31. The van der Waals surface area contributed by atoms with Crippen LogP contribution in [0.5, 0.6) is 11.5 Å². The number of nitrogens with one attached hydrogen (secondary N) is 1. The molecule has 0 unspecified atom stereocenters. The number of anilines is 1. The number of amides is 1. The van der Waals surface area contributed by atoms with E-state index in [2.05, 4.69) is 10.3 Å². The van der Waals surface area contributed by atoms with Gasteiger partial charge in [-0.3, -0.25) is 4.79 Å². The van der Waals surface area contributed by atoms with Crippen LogP contribution in [0.25, 0.3) is 22.6 Å². The second-order valence-electron chi connectivity index (χ2n) is 6.51. The molecule has 0 saturated carbocycles. The maximum absolute atomic E-state index is 12.9. The zero-order valence-corrected chi connectivity index (χ0v) is 16.4. The Hall–Kier alpha value is -3.80. The van der Waals surface area contributed by atoms with Crippen molar-refractivity contribution < 1.29 is 18.7 Å². The number of nitrogens with zero attached hydrogens (tertiary/aromatic N) is 1. The van der Waals surface area contributed by atoms with Crippen LogP contribution in [0.3, 0.4) is 0 Å². The maximum atomic E-state index is 12.9. The second kappa shape index (κ2) is 7.67. The highest BCUT2D eigenvalue weighted by atomic mass is 16.5. The molecule has 6 heteroatoms. The van der Waals surface area contributed by atoms with Gasteiger partial charge in [0.1, 0.15) is 22.6 Å². The standard InChI is InChI=1S/C23H20N2O4/c1-14-7-4-5-8-16(14)23-25-17-12-11-15(13-20(17)29-23)24-22(26)21-18(27-2)9-6-10-19(21)28-3/h4-13H,1-3H3,(H,24,26). The molecule has 29 heavy (non-hydrogen) atoms. The van der Waals surface area contributed by atoms with Gasteiger partial charge in [-0.2, -0.15) is 0 Å². The number of aromatic nitrogens is 1. The van der Waals surface area contributed by atoms with Crippen LogP contribution in [0.4, 0.5) is 5.69 Å². The minimum Gasteiger partial charge on any atom is -0.496 e. The number of hydrogen-bond donors (Lipinski definition) is 1. The molecule has 0 aliphatic rings. The number of methoxy groups -OCH3 is 2. The number of fused-ring (bicyclic) bond motifs is 1. The predicted octanol–water partition coefficient (Wildman–Crippen LogP) is 5.07. The minimum atomic E-state index is -0.336. The van der Waals surface area contributed by atoms with Crippen molar-refractivity contribution in [3.63, 3.8) is 0 Å². The number of benzene rings is 3. The number of ether oxygens (including phenoxy) is 2. The van der Waals surface area contributed by atoms with E-state index in [0.717, 1.165) is 16.6 Å². The van der Waals surface area contributed by atoms with E-state index in [-0.39, 0.29) is 5.91 Å². The number of rotatable bonds is 5. The van der Waals surface area contributed by atoms with Crippen molar-refractivity contribution in [1.82, 2.24) is 4.98 Å². The van der Waals surface area contributed by atoms with Crippen molar-refractivity contribution in [2.75, 3.05) is 19.5 Å². The van der Waals surface area contributed by atoms with Gasteiger partial charge in [0.2, 0.25) is 5.89 Å². The van der Waals surface area contributed by atoms with Crippen LogP contribution in [0.15, 0.2) is 65.1 Å². The molecule has 0 saturated heterocycles. The van der Waals surface area contributed by atoms with Crippen LogP contribution >= 0.6 is 0 Å². The fourth-order valence-corrected chi connectivity index (χ4v) is 3.20. The molecule has 4 aromatic rings. The minimum absolute atomic E-state index is 0.329. The molecule has 0 spiro atoms. The third-order valence-electron chi connectivity index (χ3n) is 4.68. The summed E-state index contributed by atoms with van der Waals surface area (Å²) >= 11 is 0. The van der Waals surface area contributed by atoms with E-state index in [4.69, 9.17) is 13.9 Å². The van der Waals surface area contributed by atoms with E-state index in [1.807, 2.05) is 37.3 Å². The van der Waals surface area contributed by atoms with Crippen molar-refractivity contribution in [2.45, 2.75) is 6.92 Å². The topological polar surface area (TPSA) is 73.6 Å². The first-order valence-corrected chi connectivity index (χ1v) is 9.09. The first-order chi connectivity index (χ1) is 14.1. The third kappa shape index (κ3) is 3.52. The number of oxazole rings is 1. The molecule has 0 aliphatic carbocycles. The summed E-state index contributed by atoms with van der Waals surface area (Å²) in [6.45, 7) is 2.01. The molecule has 1 heterocycles. The second-order valence-corrected chi connectivity index (χ2v) is 6.51. The Morgan fingerprint density at radius 2 is 1.69 bits per heavy atom. The van der Waals surface area contributed by atoms with E-state index in [0.29, 0.717) is 34.2 Å². The highest BCUT2D eigenvalue weighted by Gasteiger charge is 2.19. The lowest BCUT2D eigenvalue weighted by Gasteiger charge is -2.12. The third-order valence-corrected chi connectivity index (χ3v) is 4.68. The molecule has 1 N–H and O–H groups in total. The Kier molecular flexibility index (Phi) is 4.91. The van der Waals surface area contributed by atoms with Crippen molar-refractivity contribution in [2.24, 2.45) is 0 Å². The summed E-state index contributed by atoms with van der Waals surface area (Å²) in [4.78, 5) is 17.4. The molecule has 3 aromatic carbocycles. The van der Waals surface area contributed by atoms with E-state index >= 15 is 0 Å². The van der Waals surface area contributed by atoms with E-state index < -0.39 is 0 Å². The lowest BCUT2D eigenvalue weighted by molar-refractivity contribution is 0.102. The van der Waals surface area contributed by atoms with Gasteiger partial charge in [0.15, 0.2) is 5.58 Å². The average Bonchev–Trinajstić information content (AvgIpc) is 3.16. The quantitative estimate of drug-likeness (QED) is 0.516. The summed E-state index contributed by atoms with van der Waals surface area (Å²) in [5, 5.41) is 2.87. The SMILES string of the molecule is COc1cccc(OC)c1C(=O)Nc1ccc2nc(-c3ccccc3C)oc2c1. The normalized spacial score (nSPS) is 10.7. The molecule has 0 bridgehead atoms. The summed E-state index contributed by atoms with van der Waals surface area (Å²) in [6, 6.07) is 18.4. The highest BCUT2D eigenvalue weighted by molar-refractivity contribution is 6.08. The van der Waals surface area contributed by atoms with Gasteiger partial charge in [-0.25, -0.2) is 4.98 Å². The lowest BCUT2D eigenvalue weighted by Crippen LogP contribution is -2.14. The van der Waals surface area contributed by atoms with Crippen molar-refractivity contribution in [1.29, 1.82) is 0 Å². The average molecular weight is 388 g/mol. The van der Waals surface area contributed by atoms with Crippen LogP contribution in [-0.4, -0.2) is 25.1 Å². The Balaban J connectivity index is 1.66. The molecule has 1 aromatic heterocycles. The van der Waals surface area contributed by atoms with Crippen LogP contribution in [-0.2, 0) is 0 Å². The molecule has 6 nitrogen and oxygen atoms in total. The van der Waals surface area contributed by atoms with Crippen molar-refractivity contribution >= 4 is 22.7 Å². The fourth-order valence-electron chi connectivity index (χ4n) is 3.20. The van der Waals surface area contributed by atoms with Crippen LogP contribution in [0.1, 0.15) is 15.9 Å². The summed E-state index contributed by atoms with van der Waals surface area (Å²) in [6.07, 6.45) is 0. The van der Waals surface area contributed by atoms with E-state index in [1.165, 1.54) is 14.2 Å². The molecule has 1 amide bonds. The summed E-state index contributed by atoms with van der Waals surface area (Å²) in [5.74, 6) is 1.08. The summed E-state index contributed by atoms with van der Waals surface area (Å²) in [7, 11) is 3.03. The Bertz CT molecular complexity index is 1170. The lowest BCUT2D eigenvalue weighted by atomic mass is 10.1. The fraction of sp³-hybridized carbons (Fsp3) is 0.130. The molecular weight excluding hydrogens is 368 g/mol. The van der Waals surface area contributed by atoms with Gasteiger partial charge in [0.25, 0.3) is 5.91 Å². The summed E-state index contributed by atoms with van der Waals surface area (Å²) in [5.41, 5.74) is 4.24. The maximum Gasteiger partial charge on any atom is 0.263 e. The number of aryl methyl sites for hydroxylation is 1. The molecule has 0 radical (unpaired) electrons. The van der Waals surface area contributed by atoms with Crippen LogP contribution in [0, 0.1) is 6.92 Å². The van der Waals surface area contributed by atoms with Gasteiger partial charge in [0, 0.05) is 17.3 Å². The molecule has 4 rings (SSSR count). The van der Waals surface area contributed by atoms with Gasteiger partial charge in [-0.05, 0) is 42.8 Å². The largest absolute Gasteiger partial charge is 0.496 e. The monoisotopic (exact) mass is 388 g/mol. The molecule has 146 valence electrons.